The number of amides is 2. The first-order valence-electron chi connectivity index (χ1n) is 23.8. The predicted molar refractivity (Wildman–Crippen MR) is 294 cm³/mol. The van der Waals surface area contributed by atoms with Crippen LogP contribution < -0.4 is 5.73 Å². The minimum Gasteiger partial charge on any atom is -0.437 e. The summed E-state index contributed by atoms with van der Waals surface area (Å²) in [7, 11) is -16.1. The largest absolute Gasteiger partial charge is 0.437 e. The summed E-state index contributed by atoms with van der Waals surface area (Å²) in [5.41, 5.74) is 7.36. The van der Waals surface area contributed by atoms with E-state index in [4.69, 9.17) is 30.4 Å². The van der Waals surface area contributed by atoms with E-state index in [9.17, 15) is 19.2 Å². The fraction of sp³-hybridized carbons (Fsp3) is 0.822. The number of nitrogens with two attached hydrogens (primary N) is 1. The van der Waals surface area contributed by atoms with E-state index in [2.05, 4.69) is 150 Å². The summed E-state index contributed by atoms with van der Waals surface area (Å²) in [6.07, 6.45) is 3.62. The Morgan fingerprint density at radius 3 is 1.27 bits per heavy atom. The van der Waals surface area contributed by atoms with Crippen molar-refractivity contribution in [3.8, 4) is 0 Å². The van der Waals surface area contributed by atoms with Crippen molar-refractivity contribution in [2.45, 2.75) is 204 Å². The molecule has 4 unspecified atom stereocenters. The van der Waals surface area contributed by atoms with E-state index in [0.29, 0.717) is 31.3 Å². The Morgan fingerprint density at radius 2 is 0.955 bits per heavy atom. The molecule has 0 bridgehead atoms. The Bertz CT molecular complexity index is 1600. The van der Waals surface area contributed by atoms with Crippen LogP contribution in [0.3, 0.4) is 0 Å². The van der Waals surface area contributed by atoms with Gasteiger partial charge in [-0.25, -0.2) is 0 Å². The topological polar surface area (TPSA) is 162 Å². The molecule has 2 N–H and O–H groups in total. The van der Waals surface area contributed by atoms with Crippen LogP contribution in [0.1, 0.15) is 73.6 Å². The molecule has 0 aromatic heterocycles. The quantitative estimate of drug-likeness (QED) is 0.0303. The standard InChI is InChI=1S/C22H47NO5Si4.C12H35NO3Si4.C10H14O3.CH4/c1-18(2)16-19(3)20-17-21(24)23(22(20)25)14-13-15-32(12,27-30(7,8)9)28-31(10,11)26-29(4,5)6;1-17(2,3)14-19(7,8)16-20(9,12-10-11-13)15-18(4,5)6;1-6(2)4-7(3)8-5-9(11)13-10(8)12;/h18,20H,3,13-17H2,1-2,4-12H3;10-13H2,1-9H3;6,8H,3-5H2,1-2H3;1H4. The van der Waals surface area contributed by atoms with Crippen molar-refractivity contribution in [3.63, 3.8) is 0 Å². The summed E-state index contributed by atoms with van der Waals surface area (Å²) >= 11 is 0. The third-order valence-corrected chi connectivity index (χ3v) is 36.5. The van der Waals surface area contributed by atoms with Gasteiger partial charge in [0.2, 0.25) is 11.8 Å². The van der Waals surface area contributed by atoms with Gasteiger partial charge in [0.15, 0.2) is 33.3 Å². The van der Waals surface area contributed by atoms with Crippen molar-refractivity contribution in [1.82, 2.24) is 4.90 Å². The van der Waals surface area contributed by atoms with Gasteiger partial charge in [0.05, 0.1) is 18.3 Å². The summed E-state index contributed by atoms with van der Waals surface area (Å²) in [4.78, 5) is 48.8. The van der Waals surface area contributed by atoms with Crippen LogP contribution in [0, 0.1) is 23.7 Å². The molecule has 2 heterocycles. The first-order valence-corrected chi connectivity index (χ1v) is 48.1. The van der Waals surface area contributed by atoms with E-state index in [0.717, 1.165) is 42.5 Å². The fourth-order valence-corrected chi connectivity index (χ4v) is 44.4. The number of carbonyl (C=O) groups excluding carboxylic acids is 4. The SMILES string of the molecule is C.C=C(CC(C)C)C1CC(=O)N(CCC[Si](C)(O[Si](C)(C)C)O[Si](C)(C)O[Si](C)(C)C)C1=O.C=C(CC(C)C)C1CC(=O)OC1=O.C[Si](C)(C)O[Si](C)(C)O[Si](C)(CCCN)O[Si](C)(C)C. The molecular formula is C45H100N2O11Si8. The van der Waals surface area contributed by atoms with Crippen LogP contribution in [-0.2, 0) is 48.6 Å². The average Bonchev–Trinajstić information content (AvgIpc) is 3.51. The van der Waals surface area contributed by atoms with Crippen LogP contribution >= 0.6 is 0 Å². The molecule has 0 aromatic rings. The number of carbonyl (C=O) groups is 4. The summed E-state index contributed by atoms with van der Waals surface area (Å²) in [5.74, 6) is -0.918. The molecule has 2 amide bonds. The normalized spacial score (nSPS) is 19.4. The van der Waals surface area contributed by atoms with E-state index < -0.39 is 85.4 Å². The van der Waals surface area contributed by atoms with E-state index in [-0.39, 0.29) is 38.0 Å². The molecule has 4 atom stereocenters. The van der Waals surface area contributed by atoms with Crippen LogP contribution in [0.2, 0.25) is 130 Å². The van der Waals surface area contributed by atoms with Gasteiger partial charge in [0, 0.05) is 13.0 Å². The van der Waals surface area contributed by atoms with E-state index in [1.807, 2.05) is 13.8 Å². The maximum Gasteiger partial charge on any atom is 0.321 e. The number of cyclic esters (lactones) is 2. The minimum atomic E-state index is -2.54. The van der Waals surface area contributed by atoms with Gasteiger partial charge in [-0.3, -0.25) is 24.1 Å². The first-order chi connectivity index (χ1) is 28.9. The monoisotopic (exact) mass is 1070 g/mol. The van der Waals surface area contributed by atoms with E-state index in [1.165, 1.54) is 4.90 Å². The number of nitrogens with zero attached hydrogens (tertiary/aromatic N) is 1. The Kier molecular flexibility index (Phi) is 27.7. The smallest absolute Gasteiger partial charge is 0.321 e. The Balaban J connectivity index is 0. The van der Waals surface area contributed by atoms with Crippen molar-refractivity contribution >= 4 is 91.3 Å². The second kappa shape index (κ2) is 27.2. The van der Waals surface area contributed by atoms with Crippen molar-refractivity contribution in [2.75, 3.05) is 13.1 Å². The lowest BCUT2D eigenvalue weighted by atomic mass is 9.92. The van der Waals surface area contributed by atoms with Crippen molar-refractivity contribution in [2.24, 2.45) is 29.4 Å². The van der Waals surface area contributed by atoms with E-state index >= 15 is 0 Å². The fourth-order valence-electron chi connectivity index (χ4n) is 8.44. The molecule has 2 saturated heterocycles. The van der Waals surface area contributed by atoms with Crippen LogP contribution in [0.4, 0.5) is 0 Å². The minimum absolute atomic E-state index is 0. The summed E-state index contributed by atoms with van der Waals surface area (Å²) in [6, 6.07) is 1.69. The molecular weight excluding hydrogens is 969 g/mol. The van der Waals surface area contributed by atoms with E-state index in [1.54, 1.807) is 0 Å². The molecule has 13 nitrogen and oxygen atoms in total. The van der Waals surface area contributed by atoms with Gasteiger partial charge in [-0.1, -0.05) is 59.4 Å². The molecule has 388 valence electrons. The van der Waals surface area contributed by atoms with Gasteiger partial charge in [-0.05, 0) is 174 Å². The zero-order valence-corrected chi connectivity index (χ0v) is 53.3. The molecule has 21 heteroatoms. The van der Waals surface area contributed by atoms with Crippen molar-refractivity contribution in [3.05, 3.63) is 24.3 Å². The Morgan fingerprint density at radius 1 is 0.591 bits per heavy atom. The van der Waals surface area contributed by atoms with Crippen molar-refractivity contribution in [1.29, 1.82) is 0 Å². The highest BCUT2D eigenvalue weighted by Crippen LogP contribution is 2.33. The van der Waals surface area contributed by atoms with Crippen LogP contribution in [0.15, 0.2) is 24.3 Å². The first kappa shape index (κ1) is 67.3. The maximum absolute atomic E-state index is 12.9. The summed E-state index contributed by atoms with van der Waals surface area (Å²) in [5, 5.41) is 0. The molecule has 2 rings (SSSR count). The van der Waals surface area contributed by atoms with Gasteiger partial charge in [-0.2, -0.15) is 0 Å². The molecule has 0 saturated carbocycles. The number of ether oxygens (including phenoxy) is 1. The number of hydrogen-bond donors (Lipinski definition) is 1. The van der Waals surface area contributed by atoms with Gasteiger partial charge < -0.3 is 35.2 Å². The highest BCUT2D eigenvalue weighted by atomic mass is 28.5. The number of rotatable bonds is 25. The molecule has 2 fully saturated rings. The highest BCUT2D eigenvalue weighted by molar-refractivity contribution is 6.90. The molecule has 2 aliphatic heterocycles. The van der Waals surface area contributed by atoms with Crippen molar-refractivity contribution < 1.29 is 48.6 Å². The van der Waals surface area contributed by atoms with Gasteiger partial charge in [0.25, 0.3) is 0 Å². The number of imide groups is 1. The lowest BCUT2D eigenvalue weighted by Crippen LogP contribution is -2.57. The van der Waals surface area contributed by atoms with Crippen LogP contribution in [-0.4, -0.2) is 109 Å². The van der Waals surface area contributed by atoms with Gasteiger partial charge >= 0.3 is 46.2 Å². The molecule has 66 heavy (non-hydrogen) atoms. The zero-order chi connectivity index (χ0) is 51.4. The van der Waals surface area contributed by atoms with Gasteiger partial charge in [0.1, 0.15) is 0 Å². The third-order valence-electron chi connectivity index (χ3n) is 9.36. The molecule has 0 radical (unpaired) electrons. The lowest BCUT2D eigenvalue weighted by Gasteiger charge is -2.41. The number of likely N-dealkylation sites (tertiary alicyclic amines) is 1. The third kappa shape index (κ3) is 29.4. The maximum atomic E-state index is 12.9. The molecule has 0 aliphatic carbocycles. The number of hydrogen-bond acceptors (Lipinski definition) is 12. The Labute approximate surface area is 412 Å². The molecule has 0 spiro atoms. The Hall–Kier alpha value is -0.785. The second-order valence-corrected chi connectivity index (χ2v) is 56.8. The van der Waals surface area contributed by atoms with Crippen LogP contribution in [0.25, 0.3) is 0 Å². The van der Waals surface area contributed by atoms with Crippen LogP contribution in [0.5, 0.6) is 0 Å². The summed E-state index contributed by atoms with van der Waals surface area (Å²) in [6.45, 7) is 56.5. The summed E-state index contributed by atoms with van der Waals surface area (Å²) < 4.78 is 43.5. The highest BCUT2D eigenvalue weighted by Gasteiger charge is 2.46. The molecule has 0 aromatic carbocycles. The predicted octanol–water partition coefficient (Wildman–Crippen LogP) is 12.0. The molecule has 2 aliphatic rings. The average molecular weight is 1070 g/mol. The van der Waals surface area contributed by atoms with Gasteiger partial charge in [-0.15, -0.1) is 0 Å². The lowest BCUT2D eigenvalue weighted by molar-refractivity contribution is -0.153. The second-order valence-electron chi connectivity index (χ2n) is 23.8. The zero-order valence-electron chi connectivity index (χ0n) is 45.3. The number of esters is 2.